The standard InChI is InChI=1S/C26H28N6O4/c1-17-12-23-29-31(16-24(33)27-14-18-8-9-21(35-2)22(13-18)36-3)26(34)32(23)25(28-17)30-11-10-19-6-4-5-7-20(19)15-30/h4-9,12-13H,10-11,14-16H2,1-3H3,(H,27,33). The second kappa shape index (κ2) is 9.73. The summed E-state index contributed by atoms with van der Waals surface area (Å²) in [5.74, 6) is 1.41. The highest BCUT2D eigenvalue weighted by Crippen LogP contribution is 2.27. The number of fused-ring (bicyclic) bond motifs is 2. The molecule has 186 valence electrons. The maximum atomic E-state index is 13.3. The van der Waals surface area contributed by atoms with Crippen molar-refractivity contribution in [2.75, 3.05) is 25.7 Å². The van der Waals surface area contributed by atoms with E-state index in [1.54, 1.807) is 32.4 Å². The zero-order valence-electron chi connectivity index (χ0n) is 20.5. The number of nitrogens with one attached hydrogen (secondary N) is 1. The minimum Gasteiger partial charge on any atom is -0.493 e. The topological polar surface area (TPSA) is 103 Å². The first kappa shape index (κ1) is 23.4. The molecule has 0 spiro atoms. The summed E-state index contributed by atoms with van der Waals surface area (Å²) in [6.45, 7) is 3.35. The van der Waals surface area contributed by atoms with Crippen molar-refractivity contribution < 1.29 is 14.3 Å². The molecular formula is C26H28N6O4. The quantitative estimate of drug-likeness (QED) is 0.425. The van der Waals surface area contributed by atoms with Crippen molar-refractivity contribution in [2.24, 2.45) is 0 Å². The Morgan fingerprint density at radius 3 is 2.61 bits per heavy atom. The van der Waals surface area contributed by atoms with Crippen LogP contribution in [0.4, 0.5) is 5.95 Å². The number of anilines is 1. The Balaban J connectivity index is 1.35. The third kappa shape index (κ3) is 4.49. The van der Waals surface area contributed by atoms with Crippen LogP contribution in [0.25, 0.3) is 5.65 Å². The number of hydrogen-bond donors (Lipinski definition) is 1. The summed E-state index contributed by atoms with van der Waals surface area (Å²) in [7, 11) is 3.13. The van der Waals surface area contributed by atoms with Gasteiger partial charge in [0.05, 0.1) is 14.2 Å². The molecule has 36 heavy (non-hydrogen) atoms. The lowest BCUT2D eigenvalue weighted by Crippen LogP contribution is -2.36. The average Bonchev–Trinajstić information content (AvgIpc) is 3.20. The molecule has 2 aromatic heterocycles. The summed E-state index contributed by atoms with van der Waals surface area (Å²) < 4.78 is 13.2. The molecule has 3 heterocycles. The summed E-state index contributed by atoms with van der Waals surface area (Å²) in [5, 5.41) is 7.26. The second-order valence-electron chi connectivity index (χ2n) is 8.74. The molecular weight excluding hydrogens is 460 g/mol. The van der Waals surface area contributed by atoms with Crippen molar-refractivity contribution >= 4 is 17.5 Å². The lowest BCUT2D eigenvalue weighted by Gasteiger charge is -2.29. The molecule has 1 N–H and O–H groups in total. The molecule has 4 aromatic rings. The normalized spacial score (nSPS) is 12.9. The van der Waals surface area contributed by atoms with E-state index in [4.69, 9.17) is 9.47 Å². The van der Waals surface area contributed by atoms with E-state index < -0.39 is 5.69 Å². The van der Waals surface area contributed by atoms with Gasteiger partial charge in [0.25, 0.3) is 0 Å². The lowest BCUT2D eigenvalue weighted by atomic mass is 10.0. The van der Waals surface area contributed by atoms with Crippen LogP contribution in [-0.2, 0) is 30.8 Å². The first-order valence-electron chi connectivity index (χ1n) is 11.7. The highest BCUT2D eigenvalue weighted by Gasteiger charge is 2.23. The van der Waals surface area contributed by atoms with Crippen molar-refractivity contribution in [2.45, 2.75) is 33.0 Å². The van der Waals surface area contributed by atoms with Gasteiger partial charge in [0.1, 0.15) is 6.54 Å². The third-order valence-electron chi connectivity index (χ3n) is 6.32. The van der Waals surface area contributed by atoms with Crippen LogP contribution in [0.3, 0.4) is 0 Å². The Bertz CT molecular complexity index is 1490. The predicted octanol–water partition coefficient (Wildman–Crippen LogP) is 2.10. The molecule has 0 fully saturated rings. The number of aryl methyl sites for hydroxylation is 1. The predicted molar refractivity (Wildman–Crippen MR) is 135 cm³/mol. The number of ether oxygens (including phenoxy) is 2. The summed E-state index contributed by atoms with van der Waals surface area (Å²) in [4.78, 5) is 32.7. The van der Waals surface area contributed by atoms with Crippen molar-refractivity contribution in [1.82, 2.24) is 24.5 Å². The van der Waals surface area contributed by atoms with E-state index >= 15 is 0 Å². The zero-order valence-corrected chi connectivity index (χ0v) is 20.5. The number of nitrogens with zero attached hydrogens (tertiary/aromatic N) is 5. The first-order chi connectivity index (χ1) is 17.5. The number of carbonyl (C=O) groups is 1. The molecule has 0 aliphatic carbocycles. The molecule has 1 aliphatic rings. The zero-order chi connectivity index (χ0) is 25.2. The van der Waals surface area contributed by atoms with E-state index in [1.165, 1.54) is 20.2 Å². The van der Waals surface area contributed by atoms with Crippen LogP contribution in [0.2, 0.25) is 0 Å². The van der Waals surface area contributed by atoms with Gasteiger partial charge in [0, 0.05) is 31.4 Å². The number of hydrogen-bond acceptors (Lipinski definition) is 7. The van der Waals surface area contributed by atoms with Crippen molar-refractivity contribution in [3.8, 4) is 11.5 Å². The maximum absolute atomic E-state index is 13.3. The molecule has 1 aliphatic heterocycles. The van der Waals surface area contributed by atoms with Gasteiger partial charge in [-0.3, -0.25) is 4.79 Å². The van der Waals surface area contributed by atoms with E-state index in [9.17, 15) is 9.59 Å². The van der Waals surface area contributed by atoms with Crippen LogP contribution >= 0.6 is 0 Å². The summed E-state index contributed by atoms with van der Waals surface area (Å²) >= 11 is 0. The number of rotatable bonds is 7. The Morgan fingerprint density at radius 1 is 1.06 bits per heavy atom. The van der Waals surface area contributed by atoms with Crippen LogP contribution in [0.5, 0.6) is 11.5 Å². The largest absolute Gasteiger partial charge is 0.493 e. The molecule has 10 nitrogen and oxygen atoms in total. The van der Waals surface area contributed by atoms with E-state index in [0.717, 1.165) is 24.2 Å². The van der Waals surface area contributed by atoms with Crippen molar-refractivity contribution in [3.05, 3.63) is 81.4 Å². The van der Waals surface area contributed by atoms with E-state index in [0.29, 0.717) is 29.6 Å². The number of methoxy groups -OCH3 is 2. The number of carbonyl (C=O) groups excluding carboxylic acids is 1. The Labute approximate surface area is 208 Å². The van der Waals surface area contributed by atoms with Gasteiger partial charge in [-0.15, -0.1) is 5.10 Å². The molecule has 0 unspecified atom stereocenters. The highest BCUT2D eigenvalue weighted by molar-refractivity contribution is 5.75. The van der Waals surface area contributed by atoms with Crippen LogP contribution in [0.1, 0.15) is 22.4 Å². The van der Waals surface area contributed by atoms with Gasteiger partial charge in [-0.25, -0.2) is 18.9 Å². The van der Waals surface area contributed by atoms with Gasteiger partial charge >= 0.3 is 5.69 Å². The molecule has 10 heteroatoms. The van der Waals surface area contributed by atoms with Gasteiger partial charge in [-0.05, 0) is 42.2 Å². The molecule has 2 aromatic carbocycles. The van der Waals surface area contributed by atoms with E-state index in [1.807, 2.05) is 25.1 Å². The summed E-state index contributed by atoms with van der Waals surface area (Å²) in [6.07, 6.45) is 0.870. The van der Waals surface area contributed by atoms with Gasteiger partial charge in [0.15, 0.2) is 17.1 Å². The fourth-order valence-electron chi connectivity index (χ4n) is 4.50. The van der Waals surface area contributed by atoms with E-state index in [-0.39, 0.29) is 19.0 Å². The fraction of sp³-hybridized carbons (Fsp3) is 0.308. The van der Waals surface area contributed by atoms with E-state index in [2.05, 4.69) is 32.4 Å². The van der Waals surface area contributed by atoms with Crippen molar-refractivity contribution in [1.29, 1.82) is 0 Å². The smallest absolute Gasteiger partial charge is 0.353 e. The second-order valence-corrected chi connectivity index (χ2v) is 8.74. The molecule has 0 bridgehead atoms. The van der Waals surface area contributed by atoms with Crippen LogP contribution in [0.15, 0.2) is 53.3 Å². The molecule has 0 radical (unpaired) electrons. The van der Waals surface area contributed by atoms with Crippen molar-refractivity contribution in [3.63, 3.8) is 0 Å². The Kier molecular flexibility index (Phi) is 6.32. The monoisotopic (exact) mass is 488 g/mol. The highest BCUT2D eigenvalue weighted by atomic mass is 16.5. The third-order valence-corrected chi connectivity index (χ3v) is 6.32. The average molecular weight is 489 g/mol. The summed E-state index contributed by atoms with van der Waals surface area (Å²) in [5.41, 5.74) is 4.20. The van der Waals surface area contributed by atoms with Crippen LogP contribution in [-0.4, -0.2) is 45.8 Å². The minimum atomic E-state index is -0.396. The SMILES string of the molecule is COc1ccc(CNC(=O)Cn2nc3cc(C)nc(N4CCc5ccccc5C4)n3c2=O)cc1OC. The Morgan fingerprint density at radius 2 is 1.83 bits per heavy atom. The first-order valence-corrected chi connectivity index (χ1v) is 11.7. The number of aromatic nitrogens is 4. The van der Waals surface area contributed by atoms with Gasteiger partial charge in [-0.2, -0.15) is 0 Å². The molecule has 1 amide bonds. The molecule has 5 rings (SSSR count). The Hall–Kier alpha value is -4.34. The lowest BCUT2D eigenvalue weighted by molar-refractivity contribution is -0.122. The molecule has 0 saturated carbocycles. The van der Waals surface area contributed by atoms with Crippen LogP contribution in [0, 0.1) is 6.92 Å². The number of amides is 1. The van der Waals surface area contributed by atoms with Gasteiger partial charge in [0.2, 0.25) is 11.9 Å². The maximum Gasteiger partial charge on any atom is 0.353 e. The van der Waals surface area contributed by atoms with Gasteiger partial charge < -0.3 is 19.7 Å². The number of benzene rings is 2. The van der Waals surface area contributed by atoms with Gasteiger partial charge in [-0.1, -0.05) is 30.3 Å². The molecule has 0 atom stereocenters. The fourth-order valence-corrected chi connectivity index (χ4v) is 4.50. The molecule has 0 saturated heterocycles. The minimum absolute atomic E-state index is 0.199. The summed E-state index contributed by atoms with van der Waals surface area (Å²) in [6, 6.07) is 15.5. The van der Waals surface area contributed by atoms with Crippen LogP contribution < -0.4 is 25.4 Å².